The Morgan fingerprint density at radius 3 is 2.17 bits per heavy atom. The van der Waals surface area contributed by atoms with Gasteiger partial charge in [-0.15, -0.1) is 0 Å². The van der Waals surface area contributed by atoms with E-state index in [1.54, 1.807) is 0 Å². The van der Waals surface area contributed by atoms with Crippen LogP contribution in [-0.4, -0.2) is 74.3 Å². The van der Waals surface area contributed by atoms with E-state index >= 15 is 0 Å². The maximum absolute atomic E-state index is 10.2. The average molecular weight is 263 g/mol. The summed E-state index contributed by atoms with van der Waals surface area (Å²) in [7, 11) is 0. The highest BCUT2D eigenvalue weighted by atomic mass is 16.4. The van der Waals surface area contributed by atoms with Crippen LogP contribution in [0.25, 0.3) is 10.4 Å². The van der Waals surface area contributed by atoms with Crippen molar-refractivity contribution in [2.45, 2.75) is 23.9 Å². The Morgan fingerprint density at radius 1 is 1.17 bits per heavy atom. The van der Waals surface area contributed by atoms with E-state index in [1.165, 1.54) is 0 Å². The fourth-order valence-electron chi connectivity index (χ4n) is 2.49. The normalized spacial score (nSPS) is 44.4. The van der Waals surface area contributed by atoms with Crippen LogP contribution < -0.4 is 0 Å². The summed E-state index contributed by atoms with van der Waals surface area (Å²) in [6, 6.07) is -1.41. The number of azide groups is 1. The minimum atomic E-state index is -2.15. The van der Waals surface area contributed by atoms with E-state index in [1.807, 2.05) is 0 Å². The van der Waals surface area contributed by atoms with E-state index in [9.17, 15) is 30.6 Å². The van der Waals surface area contributed by atoms with E-state index < -0.39 is 55.5 Å². The SMILES string of the molecule is [N-]=[N+]=N[C@@H]1[C@@H](O)[C@@H](CO)[C@@H](CO)[C@](O)(CO)[C@H]1O. The fraction of sp³-hybridized carbons (Fsp3) is 1.00. The van der Waals surface area contributed by atoms with E-state index in [-0.39, 0.29) is 0 Å². The lowest BCUT2D eigenvalue weighted by Gasteiger charge is -2.50. The van der Waals surface area contributed by atoms with Gasteiger partial charge in [-0.2, -0.15) is 0 Å². The van der Waals surface area contributed by atoms with E-state index in [4.69, 9.17) is 5.53 Å². The van der Waals surface area contributed by atoms with Gasteiger partial charge >= 0.3 is 0 Å². The molecule has 0 amide bonds. The second-order valence-corrected chi connectivity index (χ2v) is 4.42. The molecule has 1 rings (SSSR count). The molecule has 0 bridgehead atoms. The molecule has 1 fully saturated rings. The van der Waals surface area contributed by atoms with Crippen LogP contribution in [0.1, 0.15) is 0 Å². The molecule has 6 atom stereocenters. The quantitative estimate of drug-likeness (QED) is 0.183. The summed E-state index contributed by atoms with van der Waals surface area (Å²) in [4.78, 5) is 2.45. The monoisotopic (exact) mass is 263 g/mol. The van der Waals surface area contributed by atoms with Crippen LogP contribution in [0.5, 0.6) is 0 Å². The van der Waals surface area contributed by atoms with Crippen molar-refractivity contribution in [2.24, 2.45) is 17.0 Å². The predicted molar refractivity (Wildman–Crippen MR) is 58.1 cm³/mol. The molecular weight excluding hydrogens is 246 g/mol. The Morgan fingerprint density at radius 2 is 1.78 bits per heavy atom. The number of rotatable bonds is 4. The van der Waals surface area contributed by atoms with Crippen molar-refractivity contribution in [3.05, 3.63) is 10.4 Å². The summed E-state index contributed by atoms with van der Waals surface area (Å²) in [5.41, 5.74) is 6.21. The van der Waals surface area contributed by atoms with Crippen molar-refractivity contribution in [1.82, 2.24) is 0 Å². The van der Waals surface area contributed by atoms with E-state index in [0.29, 0.717) is 0 Å². The molecule has 1 saturated carbocycles. The number of hydrogen-bond acceptors (Lipinski definition) is 7. The Hall–Kier alpha value is -0.930. The van der Waals surface area contributed by atoms with Gasteiger partial charge in [0.2, 0.25) is 0 Å². The highest BCUT2D eigenvalue weighted by Crippen LogP contribution is 2.39. The molecule has 0 radical (unpaired) electrons. The van der Waals surface area contributed by atoms with Crippen LogP contribution in [0.15, 0.2) is 5.11 Å². The molecule has 0 aromatic carbocycles. The Labute approximate surface area is 103 Å². The van der Waals surface area contributed by atoms with Gasteiger partial charge in [0.25, 0.3) is 0 Å². The molecule has 9 heteroatoms. The summed E-state index contributed by atoms with van der Waals surface area (Å²) < 4.78 is 0. The van der Waals surface area contributed by atoms with Crippen LogP contribution in [0.4, 0.5) is 0 Å². The second-order valence-electron chi connectivity index (χ2n) is 4.42. The standard InChI is InChI=1S/C9H17N3O6/c10-12-11-6-7(16)4(1-13)5(2-14)9(18,3-15)8(6)17/h4-8,13-18H,1-3H2/t4-,5+,6+,7-,8-,9+/m0/s1. The lowest BCUT2D eigenvalue weighted by molar-refractivity contribution is -0.221. The largest absolute Gasteiger partial charge is 0.396 e. The molecule has 0 aliphatic heterocycles. The molecule has 0 spiro atoms. The minimum Gasteiger partial charge on any atom is -0.396 e. The Bertz CT molecular complexity index is 336. The van der Waals surface area contributed by atoms with Gasteiger partial charge in [0, 0.05) is 30.0 Å². The van der Waals surface area contributed by atoms with Crippen molar-refractivity contribution in [2.75, 3.05) is 19.8 Å². The zero-order valence-corrected chi connectivity index (χ0v) is 9.53. The zero-order valence-electron chi connectivity index (χ0n) is 9.53. The summed E-state index contributed by atoms with van der Waals surface area (Å²) in [5.74, 6) is -2.16. The van der Waals surface area contributed by atoms with Gasteiger partial charge in [0.05, 0.1) is 24.9 Å². The number of aliphatic hydroxyl groups excluding tert-OH is 5. The topological polar surface area (TPSA) is 170 Å². The number of aliphatic hydroxyl groups is 6. The summed E-state index contributed by atoms with van der Waals surface area (Å²) in [6.07, 6.45) is -3.17. The lowest BCUT2D eigenvalue weighted by Crippen LogP contribution is -2.68. The molecule has 0 saturated heterocycles. The lowest BCUT2D eigenvalue weighted by atomic mass is 9.65. The van der Waals surface area contributed by atoms with Crippen LogP contribution >= 0.6 is 0 Å². The molecule has 18 heavy (non-hydrogen) atoms. The molecular formula is C9H17N3O6. The predicted octanol–water partition coefficient (Wildman–Crippen LogP) is -2.66. The fourth-order valence-corrected chi connectivity index (χ4v) is 2.49. The molecule has 1 aliphatic carbocycles. The van der Waals surface area contributed by atoms with Crippen molar-refractivity contribution in [1.29, 1.82) is 0 Å². The van der Waals surface area contributed by atoms with Gasteiger partial charge in [-0.1, -0.05) is 5.11 Å². The van der Waals surface area contributed by atoms with Gasteiger partial charge in [0.1, 0.15) is 5.60 Å². The van der Waals surface area contributed by atoms with Crippen molar-refractivity contribution in [3.8, 4) is 0 Å². The smallest absolute Gasteiger partial charge is 0.119 e. The number of hydrogen-bond donors (Lipinski definition) is 6. The molecule has 1 aliphatic rings. The molecule has 6 N–H and O–H groups in total. The van der Waals surface area contributed by atoms with Crippen molar-refractivity contribution in [3.63, 3.8) is 0 Å². The van der Waals surface area contributed by atoms with Crippen LogP contribution in [0.2, 0.25) is 0 Å². The molecule has 0 aromatic rings. The third kappa shape index (κ3) is 2.17. The van der Waals surface area contributed by atoms with Gasteiger partial charge in [-0.3, -0.25) is 0 Å². The first kappa shape index (κ1) is 15.1. The maximum atomic E-state index is 10.2. The van der Waals surface area contributed by atoms with Crippen LogP contribution in [0, 0.1) is 11.8 Å². The number of nitrogens with zero attached hydrogens (tertiary/aromatic N) is 3. The van der Waals surface area contributed by atoms with Gasteiger partial charge in [-0.25, -0.2) is 0 Å². The molecule has 104 valence electrons. The molecule has 0 unspecified atom stereocenters. The highest BCUT2D eigenvalue weighted by Gasteiger charge is 2.57. The first-order chi connectivity index (χ1) is 8.47. The maximum Gasteiger partial charge on any atom is 0.119 e. The first-order valence-electron chi connectivity index (χ1n) is 5.43. The average Bonchev–Trinajstić information content (AvgIpc) is 2.38. The second kappa shape index (κ2) is 5.81. The molecule has 0 heterocycles. The zero-order chi connectivity index (χ0) is 13.9. The van der Waals surface area contributed by atoms with Gasteiger partial charge in [-0.05, 0) is 5.53 Å². The summed E-state index contributed by atoms with van der Waals surface area (Å²) >= 11 is 0. The van der Waals surface area contributed by atoms with Crippen molar-refractivity contribution >= 4 is 0 Å². The van der Waals surface area contributed by atoms with E-state index in [2.05, 4.69) is 10.0 Å². The third-order valence-electron chi connectivity index (χ3n) is 3.63. The molecule has 0 aromatic heterocycles. The third-order valence-corrected chi connectivity index (χ3v) is 3.63. The summed E-state index contributed by atoms with van der Waals surface area (Å²) in [6.45, 7) is -2.15. The van der Waals surface area contributed by atoms with E-state index in [0.717, 1.165) is 0 Å². The highest BCUT2D eigenvalue weighted by molar-refractivity contribution is 5.09. The van der Waals surface area contributed by atoms with Gasteiger partial charge < -0.3 is 30.6 Å². The van der Waals surface area contributed by atoms with Gasteiger partial charge in [0.15, 0.2) is 0 Å². The Balaban J connectivity index is 3.21. The molecule has 9 nitrogen and oxygen atoms in total. The Kier molecular flexibility index (Phi) is 4.88. The first-order valence-corrected chi connectivity index (χ1v) is 5.43. The summed E-state index contributed by atoms with van der Waals surface area (Å²) in [5, 5.41) is 60.7. The van der Waals surface area contributed by atoms with Crippen LogP contribution in [0.3, 0.4) is 0 Å². The van der Waals surface area contributed by atoms with Crippen LogP contribution in [-0.2, 0) is 0 Å². The van der Waals surface area contributed by atoms with Crippen molar-refractivity contribution < 1.29 is 30.6 Å². The minimum absolute atomic E-state index is 0.598.